The largest absolute Gasteiger partial charge is 0.333 e. The lowest BCUT2D eigenvalue weighted by molar-refractivity contribution is 0.431. The standard InChI is InChI=1S/C13H16BrN3O2S2/c1-9-7-12(20-13(9)14)21(18,19)16-10-3-2-4-11(10)17-6-5-15-8-17/h5-8,10-11,16H,2-4H2,1H3. The fourth-order valence-electron chi connectivity index (χ4n) is 2.72. The Labute approximate surface area is 136 Å². The summed E-state index contributed by atoms with van der Waals surface area (Å²) in [4.78, 5) is 4.05. The quantitative estimate of drug-likeness (QED) is 0.873. The number of nitrogens with one attached hydrogen (secondary N) is 1. The number of hydrogen-bond acceptors (Lipinski definition) is 4. The van der Waals surface area contributed by atoms with Crippen molar-refractivity contribution in [1.29, 1.82) is 0 Å². The van der Waals surface area contributed by atoms with E-state index in [9.17, 15) is 8.42 Å². The summed E-state index contributed by atoms with van der Waals surface area (Å²) in [6.07, 6.45) is 8.21. The van der Waals surface area contributed by atoms with Crippen LogP contribution in [0.4, 0.5) is 0 Å². The van der Waals surface area contributed by atoms with E-state index in [-0.39, 0.29) is 12.1 Å². The molecule has 0 amide bonds. The molecular formula is C13H16BrN3O2S2. The van der Waals surface area contributed by atoms with Gasteiger partial charge in [0.1, 0.15) is 4.21 Å². The number of imidazole rings is 1. The first-order valence-electron chi connectivity index (χ1n) is 6.73. The van der Waals surface area contributed by atoms with Gasteiger partial charge in [0.25, 0.3) is 0 Å². The first-order valence-corrected chi connectivity index (χ1v) is 9.82. The highest BCUT2D eigenvalue weighted by molar-refractivity contribution is 9.11. The van der Waals surface area contributed by atoms with Crippen molar-refractivity contribution in [2.45, 2.75) is 42.5 Å². The topological polar surface area (TPSA) is 64.0 Å². The average molecular weight is 390 g/mol. The van der Waals surface area contributed by atoms with E-state index in [1.165, 1.54) is 11.3 Å². The molecule has 0 radical (unpaired) electrons. The third-order valence-electron chi connectivity index (χ3n) is 3.79. The Morgan fingerprint density at radius 3 is 2.90 bits per heavy atom. The van der Waals surface area contributed by atoms with Crippen LogP contribution in [-0.2, 0) is 10.0 Å². The molecule has 1 saturated carbocycles. The van der Waals surface area contributed by atoms with Gasteiger partial charge in [-0.1, -0.05) is 0 Å². The number of nitrogens with zero attached hydrogens (tertiary/aromatic N) is 2. The van der Waals surface area contributed by atoms with E-state index < -0.39 is 10.0 Å². The summed E-state index contributed by atoms with van der Waals surface area (Å²) in [5.74, 6) is 0. The summed E-state index contributed by atoms with van der Waals surface area (Å²) in [6, 6.07) is 1.77. The molecular weight excluding hydrogens is 374 g/mol. The van der Waals surface area contributed by atoms with Crippen LogP contribution in [0.15, 0.2) is 32.8 Å². The van der Waals surface area contributed by atoms with Crippen LogP contribution in [0.5, 0.6) is 0 Å². The smallest absolute Gasteiger partial charge is 0.250 e. The molecule has 1 aliphatic carbocycles. The van der Waals surface area contributed by atoms with Crippen molar-refractivity contribution < 1.29 is 8.42 Å². The molecule has 3 rings (SSSR count). The maximum Gasteiger partial charge on any atom is 0.250 e. The molecule has 2 atom stereocenters. The van der Waals surface area contributed by atoms with Gasteiger partial charge >= 0.3 is 0 Å². The van der Waals surface area contributed by atoms with Crippen molar-refractivity contribution in [3.05, 3.63) is 34.1 Å². The molecule has 2 heterocycles. The van der Waals surface area contributed by atoms with Gasteiger partial charge in [-0.15, -0.1) is 11.3 Å². The van der Waals surface area contributed by atoms with E-state index in [4.69, 9.17) is 0 Å². The van der Waals surface area contributed by atoms with Crippen molar-refractivity contribution in [2.24, 2.45) is 0 Å². The lowest BCUT2D eigenvalue weighted by Crippen LogP contribution is -2.37. The number of aryl methyl sites for hydroxylation is 1. The fourth-order valence-corrected chi connectivity index (χ4v) is 6.27. The number of halogens is 1. The van der Waals surface area contributed by atoms with Gasteiger partial charge in [-0.05, 0) is 53.7 Å². The summed E-state index contributed by atoms with van der Waals surface area (Å²) in [5, 5.41) is 0. The van der Waals surface area contributed by atoms with Crippen molar-refractivity contribution in [2.75, 3.05) is 0 Å². The van der Waals surface area contributed by atoms with Crippen LogP contribution in [0.3, 0.4) is 0 Å². The Balaban J connectivity index is 1.82. The third-order valence-corrected chi connectivity index (χ3v) is 7.89. The predicted molar refractivity (Wildman–Crippen MR) is 86.0 cm³/mol. The molecule has 0 bridgehead atoms. The van der Waals surface area contributed by atoms with Crippen LogP contribution in [0.1, 0.15) is 30.9 Å². The van der Waals surface area contributed by atoms with Gasteiger partial charge in [-0.3, -0.25) is 0 Å². The molecule has 0 aliphatic heterocycles. The summed E-state index contributed by atoms with van der Waals surface area (Å²) in [6.45, 7) is 1.89. The predicted octanol–water partition coefficient (Wildman–Crippen LogP) is 3.09. The van der Waals surface area contributed by atoms with Crippen molar-refractivity contribution in [3.8, 4) is 0 Å². The molecule has 21 heavy (non-hydrogen) atoms. The Morgan fingerprint density at radius 1 is 1.48 bits per heavy atom. The second-order valence-electron chi connectivity index (χ2n) is 5.26. The van der Waals surface area contributed by atoms with Gasteiger partial charge in [0.05, 0.1) is 16.2 Å². The summed E-state index contributed by atoms with van der Waals surface area (Å²) in [7, 11) is -3.46. The number of rotatable bonds is 4. The molecule has 2 unspecified atom stereocenters. The maximum absolute atomic E-state index is 12.5. The first kappa shape index (κ1) is 15.2. The zero-order valence-electron chi connectivity index (χ0n) is 11.5. The van der Waals surface area contributed by atoms with Gasteiger partial charge in [-0.25, -0.2) is 18.1 Å². The van der Waals surface area contributed by atoms with E-state index in [0.29, 0.717) is 4.21 Å². The first-order chi connectivity index (χ1) is 9.97. The molecule has 2 aromatic heterocycles. The van der Waals surface area contributed by atoms with Gasteiger partial charge in [0.15, 0.2) is 0 Å². The van der Waals surface area contributed by atoms with Crippen molar-refractivity contribution in [1.82, 2.24) is 14.3 Å². The average Bonchev–Trinajstić information content (AvgIpc) is 3.11. The number of aromatic nitrogens is 2. The number of thiophene rings is 1. The maximum atomic E-state index is 12.5. The normalized spacial score (nSPS) is 22.8. The van der Waals surface area contributed by atoms with E-state index >= 15 is 0 Å². The van der Waals surface area contributed by atoms with Gasteiger partial charge in [0.2, 0.25) is 10.0 Å². The zero-order valence-corrected chi connectivity index (χ0v) is 14.7. The Morgan fingerprint density at radius 2 is 2.29 bits per heavy atom. The second-order valence-corrected chi connectivity index (χ2v) is 9.57. The van der Waals surface area contributed by atoms with Crippen molar-refractivity contribution >= 4 is 37.3 Å². The Bertz CT molecular complexity index is 705. The van der Waals surface area contributed by atoms with Gasteiger partial charge < -0.3 is 4.57 Å². The lowest BCUT2D eigenvalue weighted by Gasteiger charge is -2.21. The number of sulfonamides is 1. The second kappa shape index (κ2) is 5.83. The van der Waals surface area contributed by atoms with Crippen LogP contribution in [0, 0.1) is 6.92 Å². The molecule has 8 heteroatoms. The fraction of sp³-hybridized carbons (Fsp3) is 0.462. The lowest BCUT2D eigenvalue weighted by atomic mass is 10.2. The highest BCUT2D eigenvalue weighted by Gasteiger charge is 2.32. The van der Waals surface area contributed by atoms with Crippen LogP contribution in [0.25, 0.3) is 0 Å². The molecule has 0 spiro atoms. The molecule has 0 aromatic carbocycles. The molecule has 5 nitrogen and oxygen atoms in total. The minimum absolute atomic E-state index is 0.0784. The summed E-state index contributed by atoms with van der Waals surface area (Å²) >= 11 is 4.63. The van der Waals surface area contributed by atoms with Crippen LogP contribution >= 0.6 is 27.3 Å². The third kappa shape index (κ3) is 3.08. The molecule has 2 aromatic rings. The minimum atomic E-state index is -3.46. The highest BCUT2D eigenvalue weighted by atomic mass is 79.9. The van der Waals surface area contributed by atoms with E-state index in [2.05, 4.69) is 25.6 Å². The minimum Gasteiger partial charge on any atom is -0.333 e. The van der Waals surface area contributed by atoms with Crippen LogP contribution in [0.2, 0.25) is 0 Å². The van der Waals surface area contributed by atoms with Crippen molar-refractivity contribution in [3.63, 3.8) is 0 Å². The van der Waals surface area contributed by atoms with Crippen LogP contribution < -0.4 is 4.72 Å². The Kier molecular flexibility index (Phi) is 4.22. The zero-order chi connectivity index (χ0) is 15.0. The summed E-state index contributed by atoms with van der Waals surface area (Å²) < 4.78 is 31.1. The molecule has 1 fully saturated rings. The monoisotopic (exact) mass is 389 g/mol. The Hall–Kier alpha value is -0.700. The molecule has 0 saturated heterocycles. The van der Waals surface area contributed by atoms with Gasteiger partial charge in [-0.2, -0.15) is 0 Å². The van der Waals surface area contributed by atoms with E-state index in [1.54, 1.807) is 18.6 Å². The molecule has 114 valence electrons. The SMILES string of the molecule is Cc1cc(S(=O)(=O)NC2CCCC2n2ccnc2)sc1Br. The van der Waals surface area contributed by atoms with E-state index in [1.807, 2.05) is 17.7 Å². The molecule has 1 aliphatic rings. The number of hydrogen-bond donors (Lipinski definition) is 1. The van der Waals surface area contributed by atoms with E-state index in [0.717, 1.165) is 28.6 Å². The molecule has 1 N–H and O–H groups in total. The summed E-state index contributed by atoms with van der Waals surface area (Å²) in [5.41, 5.74) is 0.943. The highest BCUT2D eigenvalue weighted by Crippen LogP contribution is 2.34. The van der Waals surface area contributed by atoms with Gasteiger partial charge in [0, 0.05) is 18.4 Å². The van der Waals surface area contributed by atoms with Crippen LogP contribution in [-0.4, -0.2) is 24.0 Å².